The molecule has 0 saturated heterocycles. The van der Waals surface area contributed by atoms with Gasteiger partial charge in [0.25, 0.3) is 0 Å². The molecule has 6 heteroatoms. The van der Waals surface area contributed by atoms with E-state index in [4.69, 9.17) is 11.6 Å². The molecular formula is C15H13BrClF2NO. The molecule has 0 bridgehead atoms. The van der Waals surface area contributed by atoms with E-state index in [0.29, 0.717) is 5.02 Å². The van der Waals surface area contributed by atoms with Crippen molar-refractivity contribution < 1.29 is 13.5 Å². The normalized spacial score (nSPS) is 12.3. The highest BCUT2D eigenvalue weighted by Gasteiger charge is 2.09. The lowest BCUT2D eigenvalue weighted by atomic mass is 10.1. The Bertz CT molecular complexity index is 607. The van der Waals surface area contributed by atoms with E-state index < -0.39 is 6.61 Å². The van der Waals surface area contributed by atoms with E-state index in [1.165, 1.54) is 12.1 Å². The second-order valence-corrected chi connectivity index (χ2v) is 5.73. The monoisotopic (exact) mass is 375 g/mol. The largest absolute Gasteiger partial charge is 0.435 e. The fourth-order valence-corrected chi connectivity index (χ4v) is 2.66. The number of hydrogen-bond acceptors (Lipinski definition) is 2. The minimum absolute atomic E-state index is 0.00285. The average molecular weight is 377 g/mol. The fraction of sp³-hybridized carbons (Fsp3) is 0.200. The van der Waals surface area contributed by atoms with Crippen molar-refractivity contribution in [3.05, 3.63) is 57.5 Å². The van der Waals surface area contributed by atoms with E-state index in [2.05, 4.69) is 26.0 Å². The summed E-state index contributed by atoms with van der Waals surface area (Å²) in [5.41, 5.74) is 1.86. The zero-order chi connectivity index (χ0) is 15.4. The fourth-order valence-electron chi connectivity index (χ4n) is 1.86. The summed E-state index contributed by atoms with van der Waals surface area (Å²) in [5.74, 6) is 0.147. The third-order valence-corrected chi connectivity index (χ3v) is 3.80. The van der Waals surface area contributed by atoms with Crippen molar-refractivity contribution in [2.24, 2.45) is 0 Å². The Kier molecular flexibility index (Phi) is 5.42. The third-order valence-electron chi connectivity index (χ3n) is 2.91. The molecule has 112 valence electrons. The number of halogens is 4. The molecule has 0 fully saturated rings. The van der Waals surface area contributed by atoms with Gasteiger partial charge in [-0.3, -0.25) is 0 Å². The Morgan fingerprint density at radius 1 is 1.14 bits per heavy atom. The molecule has 21 heavy (non-hydrogen) atoms. The zero-order valence-corrected chi connectivity index (χ0v) is 13.5. The first kappa shape index (κ1) is 16.0. The molecule has 0 aromatic heterocycles. The summed E-state index contributed by atoms with van der Waals surface area (Å²) in [6.45, 7) is -0.833. The Hall–Kier alpha value is -1.33. The van der Waals surface area contributed by atoms with Crippen LogP contribution in [0.1, 0.15) is 18.5 Å². The molecule has 2 nitrogen and oxygen atoms in total. The van der Waals surface area contributed by atoms with Crippen LogP contribution in [0.4, 0.5) is 14.5 Å². The van der Waals surface area contributed by atoms with Crippen LogP contribution in [-0.2, 0) is 0 Å². The van der Waals surface area contributed by atoms with Crippen LogP contribution in [0.2, 0.25) is 5.02 Å². The zero-order valence-electron chi connectivity index (χ0n) is 11.1. The van der Waals surface area contributed by atoms with Gasteiger partial charge in [0.2, 0.25) is 0 Å². The van der Waals surface area contributed by atoms with E-state index >= 15 is 0 Å². The molecule has 1 N–H and O–H groups in total. The summed E-state index contributed by atoms with van der Waals surface area (Å²) in [5, 5.41) is 3.97. The predicted molar refractivity (Wildman–Crippen MR) is 84.3 cm³/mol. The van der Waals surface area contributed by atoms with Crippen LogP contribution in [0.25, 0.3) is 0 Å². The van der Waals surface area contributed by atoms with Gasteiger partial charge in [-0.05, 0) is 58.7 Å². The smallest absolute Gasteiger partial charge is 0.387 e. The van der Waals surface area contributed by atoms with Gasteiger partial charge in [-0.1, -0.05) is 23.7 Å². The lowest BCUT2D eigenvalue weighted by Gasteiger charge is -2.17. The number of ether oxygens (including phenoxy) is 1. The number of rotatable bonds is 5. The van der Waals surface area contributed by atoms with Crippen LogP contribution >= 0.6 is 27.5 Å². The topological polar surface area (TPSA) is 21.3 Å². The van der Waals surface area contributed by atoms with E-state index in [1.807, 2.05) is 13.0 Å². The summed E-state index contributed by atoms with van der Waals surface area (Å²) >= 11 is 9.33. The Morgan fingerprint density at radius 2 is 1.81 bits per heavy atom. The molecule has 1 unspecified atom stereocenters. The second-order valence-electron chi connectivity index (χ2n) is 4.44. The van der Waals surface area contributed by atoms with Crippen molar-refractivity contribution in [1.82, 2.24) is 0 Å². The number of alkyl halides is 2. The SMILES string of the molecule is CC(Nc1ccc(Cl)cc1Br)c1ccc(OC(F)F)cc1. The minimum Gasteiger partial charge on any atom is -0.435 e. The summed E-state index contributed by atoms with van der Waals surface area (Å²) in [7, 11) is 0. The van der Waals surface area contributed by atoms with Crippen LogP contribution in [-0.4, -0.2) is 6.61 Å². The number of nitrogens with one attached hydrogen (secondary N) is 1. The summed E-state index contributed by atoms with van der Waals surface area (Å²) in [6.07, 6.45) is 0. The predicted octanol–water partition coefficient (Wildman–Crippen LogP) is 5.88. The Balaban J connectivity index is 2.07. The molecule has 2 rings (SSSR count). The summed E-state index contributed by atoms with van der Waals surface area (Å²) < 4.78 is 29.4. The third kappa shape index (κ3) is 4.58. The highest BCUT2D eigenvalue weighted by atomic mass is 79.9. The molecule has 0 aliphatic heterocycles. The quantitative estimate of drug-likeness (QED) is 0.704. The van der Waals surface area contributed by atoms with E-state index in [9.17, 15) is 8.78 Å². The van der Waals surface area contributed by atoms with Crippen LogP contribution in [0.15, 0.2) is 46.9 Å². The molecule has 2 aromatic carbocycles. The van der Waals surface area contributed by atoms with Crippen LogP contribution in [0, 0.1) is 0 Å². The van der Waals surface area contributed by atoms with Crippen molar-refractivity contribution in [1.29, 1.82) is 0 Å². The van der Waals surface area contributed by atoms with Gasteiger partial charge in [0.1, 0.15) is 5.75 Å². The highest BCUT2D eigenvalue weighted by molar-refractivity contribution is 9.10. The molecule has 0 saturated carbocycles. The van der Waals surface area contributed by atoms with Gasteiger partial charge in [0.05, 0.1) is 0 Å². The highest BCUT2D eigenvalue weighted by Crippen LogP contribution is 2.29. The maximum atomic E-state index is 12.1. The van der Waals surface area contributed by atoms with Gasteiger partial charge >= 0.3 is 6.61 Å². The van der Waals surface area contributed by atoms with Crippen molar-refractivity contribution >= 4 is 33.2 Å². The molecule has 1 atom stereocenters. The summed E-state index contributed by atoms with van der Waals surface area (Å²) in [6, 6.07) is 12.0. The average Bonchev–Trinajstić information content (AvgIpc) is 2.42. The van der Waals surface area contributed by atoms with Gasteiger partial charge in [-0.25, -0.2) is 0 Å². The molecule has 0 aliphatic carbocycles. The van der Waals surface area contributed by atoms with Crippen LogP contribution in [0.5, 0.6) is 5.75 Å². The number of anilines is 1. The van der Waals surface area contributed by atoms with Gasteiger partial charge in [-0.2, -0.15) is 8.78 Å². The van der Waals surface area contributed by atoms with Gasteiger partial charge < -0.3 is 10.1 Å². The number of hydrogen-bond donors (Lipinski definition) is 1. The van der Waals surface area contributed by atoms with Crippen LogP contribution < -0.4 is 10.1 Å². The molecule has 0 amide bonds. The molecule has 0 spiro atoms. The molecule has 0 heterocycles. The summed E-state index contributed by atoms with van der Waals surface area (Å²) in [4.78, 5) is 0. The maximum absolute atomic E-state index is 12.1. The lowest BCUT2D eigenvalue weighted by Crippen LogP contribution is -2.07. The Morgan fingerprint density at radius 3 is 2.38 bits per heavy atom. The first-order chi connectivity index (χ1) is 9.95. The second kappa shape index (κ2) is 7.09. The van der Waals surface area contributed by atoms with Gasteiger partial charge in [0, 0.05) is 21.2 Å². The lowest BCUT2D eigenvalue weighted by molar-refractivity contribution is -0.0498. The van der Waals surface area contributed by atoms with Crippen molar-refractivity contribution in [3.8, 4) is 5.75 Å². The van der Waals surface area contributed by atoms with Gasteiger partial charge in [-0.15, -0.1) is 0 Å². The molecule has 0 radical (unpaired) electrons. The molecule has 0 aliphatic rings. The van der Waals surface area contributed by atoms with Gasteiger partial charge in [0.15, 0.2) is 0 Å². The van der Waals surface area contributed by atoms with E-state index in [1.54, 1.807) is 24.3 Å². The first-order valence-electron chi connectivity index (χ1n) is 6.22. The van der Waals surface area contributed by atoms with Crippen molar-refractivity contribution in [2.75, 3.05) is 5.32 Å². The van der Waals surface area contributed by atoms with Crippen molar-refractivity contribution in [3.63, 3.8) is 0 Å². The Labute approximate surface area is 135 Å². The molecule has 2 aromatic rings. The maximum Gasteiger partial charge on any atom is 0.387 e. The minimum atomic E-state index is -2.81. The van der Waals surface area contributed by atoms with E-state index in [0.717, 1.165) is 15.7 Å². The standard InChI is InChI=1S/C15H13BrClF2NO/c1-9(20-14-7-4-11(17)8-13(14)16)10-2-5-12(6-3-10)21-15(18)19/h2-9,15,20H,1H3. The first-order valence-corrected chi connectivity index (χ1v) is 7.39. The molecular weight excluding hydrogens is 364 g/mol. The van der Waals surface area contributed by atoms with Crippen molar-refractivity contribution in [2.45, 2.75) is 19.6 Å². The number of benzene rings is 2. The van der Waals surface area contributed by atoms with Crippen LogP contribution in [0.3, 0.4) is 0 Å². The van der Waals surface area contributed by atoms with E-state index in [-0.39, 0.29) is 11.8 Å².